The normalized spacial score (nSPS) is 10.4. The largest absolute Gasteiger partial charge is 0.494 e. The van der Waals surface area contributed by atoms with Crippen LogP contribution >= 0.6 is 0 Å². The summed E-state index contributed by atoms with van der Waals surface area (Å²) in [5.41, 5.74) is 2.61. The lowest BCUT2D eigenvalue weighted by atomic mass is 10.1. The summed E-state index contributed by atoms with van der Waals surface area (Å²) in [6.07, 6.45) is 2.23. The molecule has 0 bridgehead atoms. The Bertz CT molecular complexity index is 310. The zero-order valence-electron chi connectivity index (χ0n) is 10.7. The monoisotopic (exact) mass is 221 g/mol. The topological polar surface area (TPSA) is 21.3 Å². The average molecular weight is 221 g/mol. The maximum absolute atomic E-state index is 5.62. The number of ether oxygens (including phenoxy) is 1. The summed E-state index contributed by atoms with van der Waals surface area (Å²) in [5.74, 6) is 1.03. The number of benzene rings is 1. The van der Waals surface area contributed by atoms with E-state index in [1.165, 1.54) is 17.5 Å². The van der Waals surface area contributed by atoms with E-state index in [4.69, 9.17) is 4.74 Å². The van der Waals surface area contributed by atoms with Crippen molar-refractivity contribution in [2.45, 2.75) is 33.6 Å². The second-order valence-corrected chi connectivity index (χ2v) is 4.04. The van der Waals surface area contributed by atoms with Crippen LogP contribution in [0.5, 0.6) is 5.75 Å². The molecule has 0 heterocycles. The van der Waals surface area contributed by atoms with Gasteiger partial charge in [-0.2, -0.15) is 0 Å². The minimum absolute atomic E-state index is 0.735. The second kappa shape index (κ2) is 7.29. The summed E-state index contributed by atoms with van der Waals surface area (Å²) in [6, 6.07) is 6.40. The quantitative estimate of drug-likeness (QED) is 0.715. The van der Waals surface area contributed by atoms with Gasteiger partial charge in [-0.15, -0.1) is 0 Å². The van der Waals surface area contributed by atoms with Crippen LogP contribution in [-0.4, -0.2) is 19.7 Å². The summed E-state index contributed by atoms with van der Waals surface area (Å²) in [4.78, 5) is 0. The molecule has 2 nitrogen and oxygen atoms in total. The van der Waals surface area contributed by atoms with Gasteiger partial charge in [0.25, 0.3) is 0 Å². The standard InChI is InChI=1S/C14H23NO/c1-4-9-15-10-8-13-11-12(3)6-7-14(13)16-5-2/h6-7,11,15H,4-5,8-10H2,1-3H3. The van der Waals surface area contributed by atoms with Gasteiger partial charge >= 0.3 is 0 Å². The summed E-state index contributed by atoms with van der Waals surface area (Å²) in [6.45, 7) is 9.19. The van der Waals surface area contributed by atoms with Gasteiger partial charge < -0.3 is 10.1 Å². The summed E-state index contributed by atoms with van der Waals surface area (Å²) < 4.78 is 5.62. The molecule has 0 aliphatic rings. The molecule has 0 aromatic heterocycles. The van der Waals surface area contributed by atoms with E-state index in [0.717, 1.165) is 31.9 Å². The highest BCUT2D eigenvalue weighted by molar-refractivity contribution is 5.37. The van der Waals surface area contributed by atoms with E-state index < -0.39 is 0 Å². The first-order valence-electron chi connectivity index (χ1n) is 6.21. The van der Waals surface area contributed by atoms with Crippen LogP contribution in [0.15, 0.2) is 18.2 Å². The average Bonchev–Trinajstić information content (AvgIpc) is 2.28. The summed E-state index contributed by atoms with van der Waals surface area (Å²) in [5, 5.41) is 3.42. The van der Waals surface area contributed by atoms with Gasteiger partial charge in [-0.1, -0.05) is 24.6 Å². The third kappa shape index (κ3) is 4.23. The van der Waals surface area contributed by atoms with Gasteiger partial charge in [0.1, 0.15) is 5.75 Å². The second-order valence-electron chi connectivity index (χ2n) is 4.04. The Hall–Kier alpha value is -1.02. The van der Waals surface area contributed by atoms with E-state index in [2.05, 4.69) is 37.4 Å². The molecular weight excluding hydrogens is 198 g/mol. The van der Waals surface area contributed by atoms with Crippen LogP contribution in [0.4, 0.5) is 0 Å². The molecule has 0 atom stereocenters. The molecule has 2 heteroatoms. The minimum atomic E-state index is 0.735. The van der Waals surface area contributed by atoms with E-state index >= 15 is 0 Å². The molecule has 0 fully saturated rings. The maximum Gasteiger partial charge on any atom is 0.122 e. The molecule has 0 saturated heterocycles. The zero-order chi connectivity index (χ0) is 11.8. The number of nitrogens with one attached hydrogen (secondary N) is 1. The third-order valence-electron chi connectivity index (χ3n) is 2.51. The van der Waals surface area contributed by atoms with E-state index in [1.54, 1.807) is 0 Å². The van der Waals surface area contributed by atoms with Crippen LogP contribution in [0, 0.1) is 6.92 Å². The lowest BCUT2D eigenvalue weighted by Gasteiger charge is -2.11. The molecule has 16 heavy (non-hydrogen) atoms. The van der Waals surface area contributed by atoms with Crippen molar-refractivity contribution in [2.75, 3.05) is 19.7 Å². The fourth-order valence-corrected chi connectivity index (χ4v) is 1.72. The first-order valence-corrected chi connectivity index (χ1v) is 6.21. The van der Waals surface area contributed by atoms with Gasteiger partial charge in [0.15, 0.2) is 0 Å². The Morgan fingerprint density at radius 3 is 2.69 bits per heavy atom. The Morgan fingerprint density at radius 2 is 2.00 bits per heavy atom. The first kappa shape index (κ1) is 13.0. The van der Waals surface area contributed by atoms with Gasteiger partial charge in [0.05, 0.1) is 6.61 Å². The van der Waals surface area contributed by atoms with Crippen LogP contribution < -0.4 is 10.1 Å². The van der Waals surface area contributed by atoms with Crippen molar-refractivity contribution in [3.63, 3.8) is 0 Å². The molecule has 0 saturated carbocycles. The number of hydrogen-bond donors (Lipinski definition) is 1. The molecule has 0 aliphatic carbocycles. The molecule has 0 amide bonds. The zero-order valence-corrected chi connectivity index (χ0v) is 10.7. The van der Waals surface area contributed by atoms with E-state index in [9.17, 15) is 0 Å². The summed E-state index contributed by atoms with van der Waals surface area (Å²) >= 11 is 0. The van der Waals surface area contributed by atoms with Crippen LogP contribution in [0.1, 0.15) is 31.4 Å². The fourth-order valence-electron chi connectivity index (χ4n) is 1.72. The van der Waals surface area contributed by atoms with Crippen molar-refractivity contribution in [1.29, 1.82) is 0 Å². The van der Waals surface area contributed by atoms with Crippen molar-refractivity contribution in [2.24, 2.45) is 0 Å². The summed E-state index contributed by atoms with van der Waals surface area (Å²) in [7, 11) is 0. The number of rotatable bonds is 7. The predicted octanol–water partition coefficient (Wildman–Crippen LogP) is 2.94. The van der Waals surface area contributed by atoms with E-state index in [0.29, 0.717) is 0 Å². The van der Waals surface area contributed by atoms with Crippen molar-refractivity contribution < 1.29 is 4.74 Å². The highest BCUT2D eigenvalue weighted by Crippen LogP contribution is 2.20. The molecular formula is C14H23NO. The Balaban J connectivity index is 2.57. The molecule has 0 radical (unpaired) electrons. The third-order valence-corrected chi connectivity index (χ3v) is 2.51. The molecule has 0 aliphatic heterocycles. The van der Waals surface area contributed by atoms with Crippen LogP contribution in [0.3, 0.4) is 0 Å². The first-order chi connectivity index (χ1) is 7.77. The van der Waals surface area contributed by atoms with Crippen molar-refractivity contribution in [1.82, 2.24) is 5.32 Å². The van der Waals surface area contributed by atoms with Gasteiger partial charge in [-0.3, -0.25) is 0 Å². The minimum Gasteiger partial charge on any atom is -0.494 e. The van der Waals surface area contributed by atoms with E-state index in [1.807, 2.05) is 6.92 Å². The van der Waals surface area contributed by atoms with Crippen molar-refractivity contribution >= 4 is 0 Å². The SMILES string of the molecule is CCCNCCc1cc(C)ccc1OCC. The van der Waals surface area contributed by atoms with Crippen LogP contribution in [-0.2, 0) is 6.42 Å². The Kier molecular flexibility index (Phi) is 5.94. The predicted molar refractivity (Wildman–Crippen MR) is 69.2 cm³/mol. The van der Waals surface area contributed by atoms with Gasteiger partial charge in [-0.05, 0) is 51.4 Å². The molecule has 0 spiro atoms. The molecule has 0 unspecified atom stereocenters. The van der Waals surface area contributed by atoms with E-state index in [-0.39, 0.29) is 0 Å². The van der Waals surface area contributed by atoms with Crippen molar-refractivity contribution in [3.05, 3.63) is 29.3 Å². The molecule has 1 aromatic rings. The number of hydrogen-bond acceptors (Lipinski definition) is 2. The van der Waals surface area contributed by atoms with Gasteiger partial charge in [-0.25, -0.2) is 0 Å². The molecule has 1 rings (SSSR count). The Labute approximate surface area is 99.0 Å². The molecule has 90 valence electrons. The fraction of sp³-hybridized carbons (Fsp3) is 0.571. The number of aryl methyl sites for hydroxylation is 1. The smallest absolute Gasteiger partial charge is 0.122 e. The molecule has 1 aromatic carbocycles. The molecule has 1 N–H and O–H groups in total. The lowest BCUT2D eigenvalue weighted by molar-refractivity contribution is 0.336. The Morgan fingerprint density at radius 1 is 1.19 bits per heavy atom. The van der Waals surface area contributed by atoms with Gasteiger partial charge in [0, 0.05) is 0 Å². The highest BCUT2D eigenvalue weighted by atomic mass is 16.5. The van der Waals surface area contributed by atoms with Crippen molar-refractivity contribution in [3.8, 4) is 5.75 Å². The van der Waals surface area contributed by atoms with Gasteiger partial charge in [0.2, 0.25) is 0 Å². The maximum atomic E-state index is 5.62. The van der Waals surface area contributed by atoms with Crippen LogP contribution in [0.2, 0.25) is 0 Å². The van der Waals surface area contributed by atoms with Crippen LogP contribution in [0.25, 0.3) is 0 Å². The lowest BCUT2D eigenvalue weighted by Crippen LogP contribution is -2.18. The highest BCUT2D eigenvalue weighted by Gasteiger charge is 2.03.